The molecule has 1 aliphatic carbocycles. The van der Waals surface area contributed by atoms with E-state index in [9.17, 15) is 5.11 Å². The zero-order chi connectivity index (χ0) is 21.9. The number of hydrogen-bond acceptors (Lipinski definition) is 8. The number of methoxy groups -OCH3 is 2. The Morgan fingerprint density at radius 2 is 1.68 bits per heavy atom. The molecule has 31 heavy (non-hydrogen) atoms. The van der Waals surface area contributed by atoms with Crippen molar-refractivity contribution in [3.63, 3.8) is 0 Å². The highest BCUT2D eigenvalue weighted by atomic mass is 32.2. The minimum atomic E-state index is -1.04. The highest BCUT2D eigenvalue weighted by Crippen LogP contribution is 2.52. The predicted octanol–water partition coefficient (Wildman–Crippen LogP) is 3.09. The number of aliphatic hydroxyl groups excluding tert-OH is 1. The molecule has 0 unspecified atom stereocenters. The Kier molecular flexibility index (Phi) is 7.60. The summed E-state index contributed by atoms with van der Waals surface area (Å²) in [5, 5.41) is 10.1. The fourth-order valence-corrected chi connectivity index (χ4v) is 5.96. The summed E-state index contributed by atoms with van der Waals surface area (Å²) in [4.78, 5) is 0. The second-order valence-electron chi connectivity index (χ2n) is 8.23. The standard InChI is InChI=1S/C23H34O7S/c1-4-31-21-20(27-15-16-10-6-5-7-11-16)19-18(17(14-24)28-21)29-22(25-2)12-8-9-13-23(22,26-3)30-19/h5-7,10-11,17-21,24H,4,8-9,12-15H2,1-3H3/t17-,18-,19+,20+,21-,22+,23+/m1/s1. The summed E-state index contributed by atoms with van der Waals surface area (Å²) in [6.07, 6.45) is 1.33. The zero-order valence-electron chi connectivity index (χ0n) is 18.5. The molecule has 4 rings (SSSR count). The summed E-state index contributed by atoms with van der Waals surface area (Å²) < 4.78 is 37.9. The molecule has 1 N–H and O–H groups in total. The van der Waals surface area contributed by atoms with Gasteiger partial charge in [-0.3, -0.25) is 0 Å². The maximum atomic E-state index is 10.1. The lowest BCUT2D eigenvalue weighted by Crippen LogP contribution is -2.75. The first-order valence-corrected chi connectivity index (χ1v) is 12.2. The Morgan fingerprint density at radius 3 is 2.26 bits per heavy atom. The average Bonchev–Trinajstić information content (AvgIpc) is 2.82. The number of aliphatic hydroxyl groups is 1. The van der Waals surface area contributed by atoms with Crippen LogP contribution in [-0.2, 0) is 35.0 Å². The van der Waals surface area contributed by atoms with Crippen LogP contribution in [0, 0.1) is 0 Å². The number of fused-ring (bicyclic) bond motifs is 2. The largest absolute Gasteiger partial charge is 0.394 e. The highest BCUT2D eigenvalue weighted by Gasteiger charge is 2.66. The van der Waals surface area contributed by atoms with Gasteiger partial charge in [-0.15, -0.1) is 11.8 Å². The van der Waals surface area contributed by atoms with E-state index in [1.165, 1.54) is 0 Å². The maximum Gasteiger partial charge on any atom is 0.223 e. The molecule has 2 heterocycles. The fourth-order valence-electron chi connectivity index (χ4n) is 4.99. The summed E-state index contributed by atoms with van der Waals surface area (Å²) in [6, 6.07) is 10.0. The molecule has 0 radical (unpaired) electrons. The topological polar surface area (TPSA) is 75.6 Å². The van der Waals surface area contributed by atoms with Crippen LogP contribution in [0.4, 0.5) is 0 Å². The van der Waals surface area contributed by atoms with Crippen molar-refractivity contribution in [1.82, 2.24) is 0 Å². The Morgan fingerprint density at radius 1 is 1.03 bits per heavy atom. The molecule has 8 heteroatoms. The van der Waals surface area contributed by atoms with Gasteiger partial charge in [-0.2, -0.15) is 0 Å². The SMILES string of the molecule is CCS[C@H]1O[C@H](CO)[C@H]2O[C@@]3(OC)CCCC[C@]3(OC)O[C@@H]2[C@@H]1OCc1ccccc1. The van der Waals surface area contributed by atoms with Crippen molar-refractivity contribution in [3.05, 3.63) is 35.9 Å². The lowest BCUT2D eigenvalue weighted by atomic mass is 9.84. The van der Waals surface area contributed by atoms with Crippen LogP contribution in [0.3, 0.4) is 0 Å². The Bertz CT molecular complexity index is 706. The number of thioether (sulfide) groups is 1. The van der Waals surface area contributed by atoms with Crippen molar-refractivity contribution < 1.29 is 33.5 Å². The van der Waals surface area contributed by atoms with Crippen molar-refractivity contribution in [2.75, 3.05) is 26.6 Å². The van der Waals surface area contributed by atoms with Crippen molar-refractivity contribution in [2.45, 2.75) is 80.6 Å². The van der Waals surface area contributed by atoms with Crippen LogP contribution in [0.15, 0.2) is 30.3 Å². The summed E-state index contributed by atoms with van der Waals surface area (Å²) in [7, 11) is 3.27. The second-order valence-corrected chi connectivity index (χ2v) is 9.60. The van der Waals surface area contributed by atoms with Crippen molar-refractivity contribution in [1.29, 1.82) is 0 Å². The van der Waals surface area contributed by atoms with Crippen molar-refractivity contribution in [3.8, 4) is 0 Å². The molecule has 3 aliphatic rings. The smallest absolute Gasteiger partial charge is 0.223 e. The first-order valence-electron chi connectivity index (χ1n) is 11.1. The van der Waals surface area contributed by atoms with E-state index in [1.807, 2.05) is 30.3 Å². The van der Waals surface area contributed by atoms with Crippen molar-refractivity contribution in [2.24, 2.45) is 0 Å². The van der Waals surface area contributed by atoms with Gasteiger partial charge in [-0.05, 0) is 24.2 Å². The van der Waals surface area contributed by atoms with Crippen LogP contribution in [-0.4, -0.2) is 73.1 Å². The molecule has 1 aromatic carbocycles. The van der Waals surface area contributed by atoms with Crippen LogP contribution >= 0.6 is 11.8 Å². The minimum absolute atomic E-state index is 0.170. The van der Waals surface area contributed by atoms with Gasteiger partial charge in [0.25, 0.3) is 0 Å². The molecule has 174 valence electrons. The van der Waals surface area contributed by atoms with E-state index < -0.39 is 29.9 Å². The fraction of sp³-hybridized carbons (Fsp3) is 0.739. The first kappa shape index (κ1) is 23.4. The van der Waals surface area contributed by atoms with Crippen LogP contribution in [0.1, 0.15) is 38.2 Å². The molecular formula is C23H34O7S. The molecule has 0 bridgehead atoms. The van der Waals surface area contributed by atoms with E-state index >= 15 is 0 Å². The van der Waals surface area contributed by atoms with Gasteiger partial charge in [0.05, 0.1) is 13.2 Å². The molecule has 0 aromatic heterocycles. The molecule has 0 spiro atoms. The average molecular weight is 455 g/mol. The van der Waals surface area contributed by atoms with Gasteiger partial charge < -0.3 is 33.5 Å². The van der Waals surface area contributed by atoms with E-state index in [-0.39, 0.29) is 18.1 Å². The van der Waals surface area contributed by atoms with E-state index in [4.69, 9.17) is 28.4 Å². The van der Waals surface area contributed by atoms with Gasteiger partial charge in [0, 0.05) is 27.1 Å². The zero-order valence-corrected chi connectivity index (χ0v) is 19.3. The van der Waals surface area contributed by atoms with Gasteiger partial charge in [-0.25, -0.2) is 0 Å². The molecular weight excluding hydrogens is 420 g/mol. The molecule has 7 nitrogen and oxygen atoms in total. The summed E-state index contributed by atoms with van der Waals surface area (Å²) in [6.45, 7) is 2.34. The molecule has 1 saturated carbocycles. The number of ether oxygens (including phenoxy) is 6. The van der Waals surface area contributed by atoms with Gasteiger partial charge in [0.2, 0.25) is 11.6 Å². The molecule has 3 fully saturated rings. The van der Waals surface area contributed by atoms with Crippen LogP contribution < -0.4 is 0 Å². The Labute approximate surface area is 188 Å². The third kappa shape index (κ3) is 4.29. The van der Waals surface area contributed by atoms with E-state index in [0.29, 0.717) is 19.4 Å². The van der Waals surface area contributed by atoms with Gasteiger partial charge in [-0.1, -0.05) is 37.3 Å². The lowest BCUT2D eigenvalue weighted by molar-refractivity contribution is -0.489. The Balaban J connectivity index is 1.65. The Hall–Kier alpha value is -0.710. The number of hydrogen-bond donors (Lipinski definition) is 1. The quantitative estimate of drug-likeness (QED) is 0.642. The molecule has 1 aromatic rings. The van der Waals surface area contributed by atoms with E-state index in [2.05, 4.69) is 6.92 Å². The third-order valence-corrected chi connectivity index (χ3v) is 7.58. The first-order chi connectivity index (χ1) is 15.1. The molecule has 2 saturated heterocycles. The van der Waals surface area contributed by atoms with Crippen LogP contribution in [0.2, 0.25) is 0 Å². The highest BCUT2D eigenvalue weighted by molar-refractivity contribution is 7.99. The normalized spacial score (nSPS) is 40.2. The monoisotopic (exact) mass is 454 g/mol. The molecule has 7 atom stereocenters. The van der Waals surface area contributed by atoms with Gasteiger partial charge in [0.1, 0.15) is 29.9 Å². The third-order valence-electron chi connectivity index (χ3n) is 6.54. The van der Waals surface area contributed by atoms with Crippen LogP contribution in [0.5, 0.6) is 0 Å². The maximum absolute atomic E-state index is 10.1. The summed E-state index contributed by atoms with van der Waals surface area (Å²) in [5.41, 5.74) is 0.786. The van der Waals surface area contributed by atoms with Crippen LogP contribution in [0.25, 0.3) is 0 Å². The molecule has 2 aliphatic heterocycles. The van der Waals surface area contributed by atoms with Crippen molar-refractivity contribution >= 4 is 11.8 Å². The number of rotatable bonds is 8. The summed E-state index contributed by atoms with van der Waals surface area (Å²) in [5.74, 6) is -1.20. The van der Waals surface area contributed by atoms with Gasteiger partial charge >= 0.3 is 0 Å². The predicted molar refractivity (Wildman–Crippen MR) is 117 cm³/mol. The second kappa shape index (κ2) is 10.1. The number of benzene rings is 1. The molecule has 0 amide bonds. The summed E-state index contributed by atoms with van der Waals surface area (Å²) >= 11 is 1.65. The minimum Gasteiger partial charge on any atom is -0.394 e. The van der Waals surface area contributed by atoms with E-state index in [1.54, 1.807) is 26.0 Å². The van der Waals surface area contributed by atoms with E-state index in [0.717, 1.165) is 24.2 Å². The lowest BCUT2D eigenvalue weighted by Gasteiger charge is -2.60. The van der Waals surface area contributed by atoms with Gasteiger partial charge in [0.15, 0.2) is 0 Å².